The summed E-state index contributed by atoms with van der Waals surface area (Å²) >= 11 is 0. The van der Waals surface area contributed by atoms with Crippen molar-refractivity contribution in [2.45, 2.75) is 6.04 Å². The first-order valence-electron chi connectivity index (χ1n) is 5.90. The Morgan fingerprint density at radius 2 is 2.11 bits per heavy atom. The van der Waals surface area contributed by atoms with E-state index in [4.69, 9.17) is 9.84 Å². The molecule has 1 aromatic carbocycles. The van der Waals surface area contributed by atoms with Gasteiger partial charge in [-0.3, -0.25) is 4.98 Å². The number of ether oxygens (including phenoxy) is 1. The van der Waals surface area contributed by atoms with Gasteiger partial charge in [-0.15, -0.1) is 0 Å². The number of aromatic nitrogens is 1. The molecule has 1 unspecified atom stereocenters. The number of carboxylic acid groups (broad SMARTS) is 1. The first-order chi connectivity index (χ1) is 9.24. The maximum absolute atomic E-state index is 11.0. The topological polar surface area (TPSA) is 71.5 Å². The number of hydrogen-bond acceptors (Lipinski definition) is 4. The quantitative estimate of drug-likeness (QED) is 0.862. The maximum Gasteiger partial charge on any atom is 0.335 e. The van der Waals surface area contributed by atoms with E-state index in [0.29, 0.717) is 18.0 Å². The summed E-state index contributed by atoms with van der Waals surface area (Å²) in [4.78, 5) is 14.9. The summed E-state index contributed by atoms with van der Waals surface area (Å²) in [7, 11) is 0. The third kappa shape index (κ3) is 2.22. The molecule has 2 heterocycles. The summed E-state index contributed by atoms with van der Waals surface area (Å²) < 4.78 is 5.65. The van der Waals surface area contributed by atoms with E-state index in [1.54, 1.807) is 24.5 Å². The van der Waals surface area contributed by atoms with Crippen LogP contribution >= 0.6 is 0 Å². The van der Waals surface area contributed by atoms with E-state index < -0.39 is 5.97 Å². The number of rotatable bonds is 2. The molecule has 0 aliphatic carbocycles. The summed E-state index contributed by atoms with van der Waals surface area (Å²) in [5.41, 5.74) is 2.00. The molecule has 1 atom stereocenters. The van der Waals surface area contributed by atoms with Crippen molar-refractivity contribution in [1.29, 1.82) is 0 Å². The fourth-order valence-electron chi connectivity index (χ4n) is 2.08. The minimum absolute atomic E-state index is 0.000421. The molecule has 0 saturated carbocycles. The van der Waals surface area contributed by atoms with Gasteiger partial charge in [0.15, 0.2) is 0 Å². The van der Waals surface area contributed by atoms with E-state index in [-0.39, 0.29) is 11.6 Å². The largest absolute Gasteiger partial charge is 0.489 e. The van der Waals surface area contributed by atoms with Gasteiger partial charge in [-0.1, -0.05) is 0 Å². The molecule has 3 rings (SSSR count). The highest BCUT2D eigenvalue weighted by Gasteiger charge is 2.21. The highest BCUT2D eigenvalue weighted by Crippen LogP contribution is 2.34. The Bertz CT molecular complexity index is 613. The lowest BCUT2D eigenvalue weighted by Gasteiger charge is -2.27. The van der Waals surface area contributed by atoms with Gasteiger partial charge in [0.25, 0.3) is 0 Å². The standard InChI is InChI=1S/C14H12N2O3/c17-14(18)10-1-2-13-11(7-10)16-12(8-19-13)9-3-5-15-6-4-9/h1-7,12,16H,8H2,(H,17,18). The number of anilines is 1. The van der Waals surface area contributed by atoms with Crippen molar-refractivity contribution < 1.29 is 14.6 Å². The Morgan fingerprint density at radius 3 is 2.84 bits per heavy atom. The molecule has 2 N–H and O–H groups in total. The first-order valence-corrected chi connectivity index (χ1v) is 5.90. The monoisotopic (exact) mass is 256 g/mol. The smallest absolute Gasteiger partial charge is 0.335 e. The summed E-state index contributed by atoms with van der Waals surface area (Å²) in [5, 5.41) is 12.3. The number of benzene rings is 1. The maximum atomic E-state index is 11.0. The van der Waals surface area contributed by atoms with Gasteiger partial charge in [-0.25, -0.2) is 4.79 Å². The van der Waals surface area contributed by atoms with Crippen molar-refractivity contribution in [2.75, 3.05) is 11.9 Å². The lowest BCUT2D eigenvalue weighted by molar-refractivity contribution is 0.0697. The lowest BCUT2D eigenvalue weighted by Crippen LogP contribution is -2.24. The molecule has 0 radical (unpaired) electrons. The van der Waals surface area contributed by atoms with Crippen molar-refractivity contribution >= 4 is 11.7 Å². The second-order valence-electron chi connectivity index (χ2n) is 4.30. The predicted octanol–water partition coefficient (Wildman–Crippen LogP) is 2.33. The van der Waals surface area contributed by atoms with Crippen molar-refractivity contribution in [3.8, 4) is 5.75 Å². The molecule has 96 valence electrons. The van der Waals surface area contributed by atoms with Crippen LogP contribution in [0.25, 0.3) is 0 Å². The number of carbonyl (C=O) groups is 1. The molecule has 5 heteroatoms. The van der Waals surface area contributed by atoms with Gasteiger partial charge >= 0.3 is 5.97 Å². The molecule has 5 nitrogen and oxygen atoms in total. The second kappa shape index (κ2) is 4.61. The van der Waals surface area contributed by atoms with Crippen LogP contribution in [0.5, 0.6) is 5.75 Å². The zero-order valence-electron chi connectivity index (χ0n) is 10.0. The average molecular weight is 256 g/mol. The van der Waals surface area contributed by atoms with Crippen LogP contribution in [0, 0.1) is 0 Å². The minimum Gasteiger partial charge on any atom is -0.489 e. The van der Waals surface area contributed by atoms with E-state index in [9.17, 15) is 4.79 Å². The number of fused-ring (bicyclic) bond motifs is 1. The average Bonchev–Trinajstić information content (AvgIpc) is 2.47. The normalized spacial score (nSPS) is 16.9. The van der Waals surface area contributed by atoms with E-state index in [1.165, 1.54) is 6.07 Å². The number of pyridine rings is 1. The van der Waals surface area contributed by atoms with Crippen molar-refractivity contribution in [1.82, 2.24) is 4.98 Å². The summed E-state index contributed by atoms with van der Waals surface area (Å²) in [5.74, 6) is -0.272. The molecule has 0 amide bonds. The van der Waals surface area contributed by atoms with Gasteiger partial charge in [0.2, 0.25) is 0 Å². The van der Waals surface area contributed by atoms with E-state index in [1.807, 2.05) is 12.1 Å². The van der Waals surface area contributed by atoms with E-state index in [0.717, 1.165) is 5.56 Å². The molecular formula is C14H12N2O3. The van der Waals surface area contributed by atoms with Crippen LogP contribution in [-0.2, 0) is 0 Å². The Labute approximate surface area is 109 Å². The fraction of sp³-hybridized carbons (Fsp3) is 0.143. The van der Waals surface area contributed by atoms with Gasteiger partial charge in [-0.05, 0) is 35.9 Å². The molecule has 0 saturated heterocycles. The Morgan fingerprint density at radius 1 is 1.32 bits per heavy atom. The molecule has 1 aliphatic heterocycles. The fourth-order valence-corrected chi connectivity index (χ4v) is 2.08. The molecule has 0 fully saturated rings. The zero-order chi connectivity index (χ0) is 13.2. The second-order valence-corrected chi connectivity index (χ2v) is 4.30. The summed E-state index contributed by atoms with van der Waals surface area (Å²) in [6, 6.07) is 8.62. The van der Waals surface area contributed by atoms with Crippen LogP contribution in [0.1, 0.15) is 22.0 Å². The van der Waals surface area contributed by atoms with Crippen LogP contribution in [-0.4, -0.2) is 22.7 Å². The van der Waals surface area contributed by atoms with Gasteiger partial charge in [-0.2, -0.15) is 0 Å². The van der Waals surface area contributed by atoms with Gasteiger partial charge < -0.3 is 15.2 Å². The highest BCUT2D eigenvalue weighted by atomic mass is 16.5. The van der Waals surface area contributed by atoms with Gasteiger partial charge in [0, 0.05) is 12.4 Å². The number of aromatic carboxylic acids is 1. The predicted molar refractivity (Wildman–Crippen MR) is 69.5 cm³/mol. The Hall–Kier alpha value is -2.56. The van der Waals surface area contributed by atoms with Crippen LogP contribution in [0.4, 0.5) is 5.69 Å². The van der Waals surface area contributed by atoms with Crippen molar-refractivity contribution in [3.63, 3.8) is 0 Å². The molecule has 1 aromatic heterocycles. The molecule has 0 spiro atoms. The van der Waals surface area contributed by atoms with Crippen molar-refractivity contribution in [3.05, 3.63) is 53.9 Å². The molecule has 2 aromatic rings. The SMILES string of the molecule is O=C(O)c1ccc2c(c1)NC(c1ccncc1)CO2. The molecular weight excluding hydrogens is 244 g/mol. The lowest BCUT2D eigenvalue weighted by atomic mass is 10.1. The first kappa shape index (κ1) is 11.5. The van der Waals surface area contributed by atoms with Crippen LogP contribution in [0.2, 0.25) is 0 Å². The number of hydrogen-bond donors (Lipinski definition) is 2. The third-order valence-corrected chi connectivity index (χ3v) is 3.07. The molecule has 0 bridgehead atoms. The molecule has 19 heavy (non-hydrogen) atoms. The summed E-state index contributed by atoms with van der Waals surface area (Å²) in [6.45, 7) is 0.503. The van der Waals surface area contributed by atoms with E-state index >= 15 is 0 Å². The zero-order valence-corrected chi connectivity index (χ0v) is 10.0. The minimum atomic E-state index is -0.948. The van der Waals surface area contributed by atoms with Crippen LogP contribution in [0.15, 0.2) is 42.7 Å². The van der Waals surface area contributed by atoms with Crippen LogP contribution in [0.3, 0.4) is 0 Å². The van der Waals surface area contributed by atoms with Crippen molar-refractivity contribution in [2.24, 2.45) is 0 Å². The van der Waals surface area contributed by atoms with Crippen LogP contribution < -0.4 is 10.1 Å². The molecule has 1 aliphatic rings. The Kier molecular flexibility index (Phi) is 2.79. The summed E-state index contributed by atoms with van der Waals surface area (Å²) in [6.07, 6.45) is 3.44. The highest BCUT2D eigenvalue weighted by molar-refractivity contribution is 5.89. The van der Waals surface area contributed by atoms with E-state index in [2.05, 4.69) is 10.3 Å². The van der Waals surface area contributed by atoms with Gasteiger partial charge in [0.05, 0.1) is 17.3 Å². The number of carboxylic acids is 1. The number of nitrogens with one attached hydrogen (secondary N) is 1. The number of nitrogens with zero attached hydrogens (tertiary/aromatic N) is 1. The third-order valence-electron chi connectivity index (χ3n) is 3.07. The Balaban J connectivity index is 1.90. The van der Waals surface area contributed by atoms with Gasteiger partial charge in [0.1, 0.15) is 12.4 Å².